The Morgan fingerprint density at radius 3 is 2.15 bits per heavy atom. The molecule has 0 saturated heterocycles. The summed E-state index contributed by atoms with van der Waals surface area (Å²) in [5.41, 5.74) is -0.567. The lowest BCUT2D eigenvalue weighted by Gasteiger charge is -2.21. The lowest BCUT2D eigenvalue weighted by Crippen LogP contribution is -2.33. The third-order valence-corrected chi connectivity index (χ3v) is 1.30. The number of esters is 1. The van der Waals surface area contributed by atoms with E-state index in [4.69, 9.17) is 4.74 Å². The SMILES string of the molecule is C[C@H](CC(=O)OC(C)(C)C)C(=O)[O-]. The number of carboxylic acids is 1. The smallest absolute Gasteiger partial charge is 0.306 e. The van der Waals surface area contributed by atoms with Crippen LogP contribution < -0.4 is 5.11 Å². The summed E-state index contributed by atoms with van der Waals surface area (Å²) in [5.74, 6) is -2.54. The van der Waals surface area contributed by atoms with Gasteiger partial charge in [0.15, 0.2) is 0 Å². The van der Waals surface area contributed by atoms with Crippen molar-refractivity contribution in [2.75, 3.05) is 0 Å². The molecule has 0 aromatic rings. The molecule has 0 radical (unpaired) electrons. The molecule has 76 valence electrons. The summed E-state index contributed by atoms with van der Waals surface area (Å²) in [7, 11) is 0. The predicted molar refractivity (Wildman–Crippen MR) is 44.6 cm³/mol. The van der Waals surface area contributed by atoms with Gasteiger partial charge in [0.2, 0.25) is 0 Å². The summed E-state index contributed by atoms with van der Waals surface area (Å²) in [4.78, 5) is 21.3. The van der Waals surface area contributed by atoms with Crippen molar-refractivity contribution in [2.24, 2.45) is 5.92 Å². The van der Waals surface area contributed by atoms with Crippen LogP contribution in [0.25, 0.3) is 0 Å². The molecule has 0 amide bonds. The maximum atomic E-state index is 11.1. The van der Waals surface area contributed by atoms with Gasteiger partial charge in [-0.1, -0.05) is 6.92 Å². The molecule has 0 aromatic heterocycles. The number of carboxylic acid groups (broad SMARTS) is 1. The number of ether oxygens (including phenoxy) is 1. The Bertz CT molecular complexity index is 202. The molecule has 0 aliphatic heterocycles. The highest BCUT2D eigenvalue weighted by molar-refractivity contribution is 5.77. The molecule has 0 spiro atoms. The van der Waals surface area contributed by atoms with E-state index in [-0.39, 0.29) is 6.42 Å². The number of carbonyl (C=O) groups excluding carboxylic acids is 2. The molecular weight excluding hydrogens is 172 g/mol. The molecule has 0 saturated carbocycles. The quantitative estimate of drug-likeness (QED) is 0.588. The predicted octanol–water partition coefficient (Wildman–Crippen LogP) is 0.104. The average molecular weight is 187 g/mol. The molecule has 13 heavy (non-hydrogen) atoms. The third-order valence-electron chi connectivity index (χ3n) is 1.30. The van der Waals surface area contributed by atoms with Crippen molar-refractivity contribution in [1.29, 1.82) is 0 Å². The summed E-state index contributed by atoms with van der Waals surface area (Å²) in [6.45, 7) is 6.61. The summed E-state index contributed by atoms with van der Waals surface area (Å²) in [6, 6.07) is 0. The van der Waals surface area contributed by atoms with Gasteiger partial charge in [0.1, 0.15) is 5.60 Å². The van der Waals surface area contributed by atoms with Gasteiger partial charge in [-0.25, -0.2) is 0 Å². The summed E-state index contributed by atoms with van der Waals surface area (Å²) >= 11 is 0. The Morgan fingerprint density at radius 2 is 1.85 bits per heavy atom. The monoisotopic (exact) mass is 187 g/mol. The Hall–Kier alpha value is -1.06. The van der Waals surface area contributed by atoms with Crippen molar-refractivity contribution in [1.82, 2.24) is 0 Å². The fraction of sp³-hybridized carbons (Fsp3) is 0.778. The first-order valence-corrected chi connectivity index (χ1v) is 4.15. The zero-order valence-corrected chi connectivity index (χ0v) is 8.42. The molecule has 0 rings (SSSR count). The molecule has 1 atom stereocenters. The van der Waals surface area contributed by atoms with Crippen LogP contribution in [0.4, 0.5) is 0 Å². The van der Waals surface area contributed by atoms with Crippen LogP contribution in [0.15, 0.2) is 0 Å². The Morgan fingerprint density at radius 1 is 1.38 bits per heavy atom. The van der Waals surface area contributed by atoms with Crippen molar-refractivity contribution in [2.45, 2.75) is 39.7 Å². The second-order valence-corrected chi connectivity index (χ2v) is 4.01. The number of carbonyl (C=O) groups is 2. The highest BCUT2D eigenvalue weighted by atomic mass is 16.6. The molecule has 0 heterocycles. The molecular formula is C9H15O4-. The molecule has 4 nitrogen and oxygen atoms in total. The average Bonchev–Trinajstić information content (AvgIpc) is 1.81. The van der Waals surface area contributed by atoms with Gasteiger partial charge in [0.05, 0.1) is 6.42 Å². The number of hydrogen-bond acceptors (Lipinski definition) is 4. The fourth-order valence-electron chi connectivity index (χ4n) is 0.717. The van der Waals surface area contributed by atoms with Crippen molar-refractivity contribution in [3.05, 3.63) is 0 Å². The van der Waals surface area contributed by atoms with Crippen molar-refractivity contribution < 1.29 is 19.4 Å². The van der Waals surface area contributed by atoms with Crippen LogP contribution >= 0.6 is 0 Å². The topological polar surface area (TPSA) is 66.4 Å². The molecule has 0 aliphatic rings. The van der Waals surface area contributed by atoms with Gasteiger partial charge in [-0.2, -0.15) is 0 Å². The minimum atomic E-state index is -1.23. The van der Waals surface area contributed by atoms with Crippen LogP contribution in [0.1, 0.15) is 34.1 Å². The Balaban J connectivity index is 3.96. The third kappa shape index (κ3) is 6.13. The van der Waals surface area contributed by atoms with Crippen molar-refractivity contribution in [3.8, 4) is 0 Å². The lowest BCUT2D eigenvalue weighted by molar-refractivity contribution is -0.311. The normalized spacial score (nSPS) is 13.5. The van der Waals surface area contributed by atoms with Crippen LogP contribution in [0.2, 0.25) is 0 Å². The number of hydrogen-bond donors (Lipinski definition) is 0. The van der Waals surface area contributed by atoms with Gasteiger partial charge in [0.25, 0.3) is 0 Å². The van der Waals surface area contributed by atoms with Crippen molar-refractivity contribution >= 4 is 11.9 Å². The van der Waals surface area contributed by atoms with E-state index in [0.717, 1.165) is 0 Å². The zero-order chi connectivity index (χ0) is 10.6. The minimum Gasteiger partial charge on any atom is -0.550 e. The number of aliphatic carboxylic acids is 1. The van der Waals surface area contributed by atoms with E-state index in [1.54, 1.807) is 20.8 Å². The van der Waals surface area contributed by atoms with Crippen LogP contribution in [-0.4, -0.2) is 17.5 Å². The number of rotatable bonds is 3. The lowest BCUT2D eigenvalue weighted by atomic mass is 10.1. The van der Waals surface area contributed by atoms with E-state index >= 15 is 0 Å². The Labute approximate surface area is 77.9 Å². The van der Waals surface area contributed by atoms with E-state index < -0.39 is 23.5 Å². The molecule has 0 N–H and O–H groups in total. The van der Waals surface area contributed by atoms with Crippen LogP contribution in [-0.2, 0) is 14.3 Å². The van der Waals surface area contributed by atoms with E-state index in [1.165, 1.54) is 6.92 Å². The van der Waals surface area contributed by atoms with Gasteiger partial charge in [-0.05, 0) is 20.8 Å². The maximum absolute atomic E-state index is 11.1. The molecule has 0 bridgehead atoms. The van der Waals surface area contributed by atoms with Crippen LogP contribution in [0.3, 0.4) is 0 Å². The largest absolute Gasteiger partial charge is 0.550 e. The zero-order valence-electron chi connectivity index (χ0n) is 8.42. The van der Waals surface area contributed by atoms with E-state index in [9.17, 15) is 14.7 Å². The molecule has 0 aliphatic carbocycles. The molecule has 0 fully saturated rings. The van der Waals surface area contributed by atoms with Gasteiger partial charge in [-0.15, -0.1) is 0 Å². The first kappa shape index (κ1) is 11.9. The molecule has 0 unspecified atom stereocenters. The van der Waals surface area contributed by atoms with Crippen LogP contribution in [0, 0.1) is 5.92 Å². The minimum absolute atomic E-state index is 0.139. The van der Waals surface area contributed by atoms with Gasteiger partial charge in [0, 0.05) is 11.9 Å². The fourth-order valence-corrected chi connectivity index (χ4v) is 0.717. The summed E-state index contributed by atoms with van der Waals surface area (Å²) in [5, 5.41) is 10.3. The van der Waals surface area contributed by atoms with Crippen molar-refractivity contribution in [3.63, 3.8) is 0 Å². The maximum Gasteiger partial charge on any atom is 0.306 e. The Kier molecular flexibility index (Phi) is 3.91. The molecule has 0 aromatic carbocycles. The van der Waals surface area contributed by atoms with Gasteiger partial charge in [-0.3, -0.25) is 4.79 Å². The summed E-state index contributed by atoms with van der Waals surface area (Å²) in [6.07, 6.45) is -0.139. The second-order valence-electron chi connectivity index (χ2n) is 4.01. The van der Waals surface area contributed by atoms with Gasteiger partial charge < -0.3 is 14.6 Å². The standard InChI is InChI=1S/C9H16O4/c1-6(8(11)12)5-7(10)13-9(2,3)4/h6H,5H2,1-4H3,(H,11,12)/p-1/t6-/m1/s1. The highest BCUT2D eigenvalue weighted by Gasteiger charge is 2.18. The first-order valence-electron chi connectivity index (χ1n) is 4.15. The van der Waals surface area contributed by atoms with E-state index in [1.807, 2.05) is 0 Å². The highest BCUT2D eigenvalue weighted by Crippen LogP contribution is 2.11. The van der Waals surface area contributed by atoms with Gasteiger partial charge >= 0.3 is 5.97 Å². The van der Waals surface area contributed by atoms with Crippen LogP contribution in [0.5, 0.6) is 0 Å². The second kappa shape index (κ2) is 4.25. The molecule has 4 heteroatoms. The van der Waals surface area contributed by atoms with E-state index in [0.29, 0.717) is 0 Å². The summed E-state index contributed by atoms with van der Waals surface area (Å²) < 4.78 is 4.93. The van der Waals surface area contributed by atoms with E-state index in [2.05, 4.69) is 0 Å². The first-order chi connectivity index (χ1) is 5.72.